The van der Waals surface area contributed by atoms with Crippen LogP contribution in [0.25, 0.3) is 28.6 Å². The third-order valence-corrected chi connectivity index (χ3v) is 8.35. The number of rotatable bonds is 7. The van der Waals surface area contributed by atoms with E-state index in [1.54, 1.807) is 10.6 Å². The average molecular weight is 519 g/mol. The summed E-state index contributed by atoms with van der Waals surface area (Å²) in [6, 6.07) is 7.62. The summed E-state index contributed by atoms with van der Waals surface area (Å²) in [5.74, 6) is 1.03. The molecule has 2 heterocycles. The van der Waals surface area contributed by atoms with Crippen LogP contribution in [0.4, 0.5) is 0 Å². The zero-order chi connectivity index (χ0) is 26.6. The summed E-state index contributed by atoms with van der Waals surface area (Å²) in [6.45, 7) is 1.09. The molecule has 0 N–H and O–H groups in total. The van der Waals surface area contributed by atoms with Gasteiger partial charge in [0.2, 0.25) is 0 Å². The Hall–Kier alpha value is -3.42. The summed E-state index contributed by atoms with van der Waals surface area (Å²) < 4.78 is 9.78. The van der Waals surface area contributed by atoms with E-state index in [0.717, 1.165) is 36.8 Å². The molecule has 3 aromatic rings. The van der Waals surface area contributed by atoms with E-state index in [9.17, 15) is 14.4 Å². The summed E-state index contributed by atoms with van der Waals surface area (Å²) in [6.07, 6.45) is 14.6. The van der Waals surface area contributed by atoms with Gasteiger partial charge in [-0.3, -0.25) is 13.9 Å². The fraction of sp³-hybridized carbons (Fsp3) is 0.533. The molecule has 0 saturated heterocycles. The maximum absolute atomic E-state index is 13.8. The molecule has 0 unspecified atom stereocenters. The maximum Gasteiger partial charge on any atom is 0.332 e. The highest BCUT2D eigenvalue weighted by Crippen LogP contribution is 2.28. The van der Waals surface area contributed by atoms with Crippen LogP contribution < -0.4 is 11.2 Å². The first-order chi connectivity index (χ1) is 18.5. The van der Waals surface area contributed by atoms with Gasteiger partial charge in [0.25, 0.3) is 5.56 Å². The second-order valence-corrected chi connectivity index (χ2v) is 11.0. The summed E-state index contributed by atoms with van der Waals surface area (Å²) in [4.78, 5) is 44.0. The van der Waals surface area contributed by atoms with Gasteiger partial charge in [-0.05, 0) is 49.2 Å². The number of aromatic nitrogens is 4. The highest BCUT2D eigenvalue weighted by atomic mass is 16.5. The summed E-state index contributed by atoms with van der Waals surface area (Å²) in [7, 11) is 3.20. The van der Waals surface area contributed by atoms with Crippen molar-refractivity contribution in [1.29, 1.82) is 0 Å². The van der Waals surface area contributed by atoms with Gasteiger partial charge >= 0.3 is 11.7 Å². The zero-order valence-electron chi connectivity index (χ0n) is 22.5. The van der Waals surface area contributed by atoms with E-state index in [1.165, 1.54) is 56.3 Å². The van der Waals surface area contributed by atoms with Crippen molar-refractivity contribution in [1.82, 2.24) is 18.7 Å². The Morgan fingerprint density at radius 2 is 1.50 bits per heavy atom. The van der Waals surface area contributed by atoms with E-state index in [1.807, 2.05) is 35.9 Å². The number of nitrogens with zero attached hydrogens (tertiary/aromatic N) is 4. The van der Waals surface area contributed by atoms with Gasteiger partial charge < -0.3 is 9.30 Å². The number of hydrogen-bond donors (Lipinski definition) is 0. The van der Waals surface area contributed by atoms with Crippen molar-refractivity contribution in [2.45, 2.75) is 77.3 Å². The molecular weight excluding hydrogens is 480 g/mol. The first-order valence-corrected chi connectivity index (χ1v) is 14.0. The van der Waals surface area contributed by atoms with Gasteiger partial charge in [0, 0.05) is 31.8 Å². The molecule has 0 spiro atoms. The average Bonchev–Trinajstić information content (AvgIpc) is 3.30. The summed E-state index contributed by atoms with van der Waals surface area (Å²) >= 11 is 0. The van der Waals surface area contributed by atoms with E-state index < -0.39 is 5.97 Å². The number of esters is 1. The van der Waals surface area contributed by atoms with Crippen molar-refractivity contribution in [2.75, 3.05) is 7.11 Å². The lowest BCUT2D eigenvalue weighted by Gasteiger charge is -2.24. The van der Waals surface area contributed by atoms with Gasteiger partial charge in [-0.25, -0.2) is 14.6 Å². The second-order valence-electron chi connectivity index (χ2n) is 11.0. The number of ether oxygens (including phenoxy) is 1. The molecule has 0 atom stereocenters. The number of aryl methyl sites for hydroxylation is 1. The smallest absolute Gasteiger partial charge is 0.332 e. The van der Waals surface area contributed by atoms with Crippen molar-refractivity contribution in [2.24, 2.45) is 18.9 Å². The quantitative estimate of drug-likeness (QED) is 0.328. The van der Waals surface area contributed by atoms with Gasteiger partial charge in [0.1, 0.15) is 5.82 Å². The van der Waals surface area contributed by atoms with Gasteiger partial charge in [-0.1, -0.05) is 62.8 Å². The van der Waals surface area contributed by atoms with Gasteiger partial charge in [-0.2, -0.15) is 0 Å². The molecule has 0 aliphatic heterocycles. The Kier molecular flexibility index (Phi) is 7.95. The summed E-state index contributed by atoms with van der Waals surface area (Å²) in [5, 5.41) is 0. The molecule has 2 saturated carbocycles. The van der Waals surface area contributed by atoms with Crippen molar-refractivity contribution in [3.05, 3.63) is 56.7 Å². The number of carbonyl (C=O) groups is 1. The first-order valence-electron chi connectivity index (χ1n) is 14.0. The number of fused-ring (bicyclic) bond motifs is 1. The fourth-order valence-electron chi connectivity index (χ4n) is 6.18. The largest absolute Gasteiger partial charge is 0.466 e. The van der Waals surface area contributed by atoms with E-state index in [2.05, 4.69) is 4.74 Å². The number of carbonyl (C=O) groups excluding carboxylic acids is 1. The third-order valence-electron chi connectivity index (χ3n) is 8.35. The van der Waals surface area contributed by atoms with Crippen LogP contribution in [0, 0.1) is 11.8 Å². The van der Waals surface area contributed by atoms with Crippen LogP contribution in [-0.4, -0.2) is 31.8 Å². The van der Waals surface area contributed by atoms with Crippen LogP contribution in [-0.2, 0) is 29.7 Å². The Balaban J connectivity index is 1.58. The molecule has 2 aliphatic carbocycles. The van der Waals surface area contributed by atoms with Crippen molar-refractivity contribution >= 4 is 23.2 Å². The Bertz CT molecular complexity index is 1430. The lowest BCUT2D eigenvalue weighted by Crippen LogP contribution is -2.43. The van der Waals surface area contributed by atoms with E-state index >= 15 is 0 Å². The van der Waals surface area contributed by atoms with E-state index in [-0.39, 0.29) is 11.2 Å². The standard InChI is InChI=1S/C30H38N4O4/c1-32-26-28(31-27(32)24-16-13-21(14-17-24)15-18-25(35)38-2)33(19-22-9-5-3-6-10-22)30(37)34(29(26)36)20-23-11-7-4-8-12-23/h13-18,22-23H,3-12,19-20H2,1-2H3. The molecule has 5 rings (SSSR count). The number of hydrogen-bond acceptors (Lipinski definition) is 5. The van der Waals surface area contributed by atoms with Gasteiger partial charge in [0.05, 0.1) is 7.11 Å². The Labute approximate surface area is 222 Å². The maximum atomic E-state index is 13.8. The van der Waals surface area contributed by atoms with E-state index in [0.29, 0.717) is 41.9 Å². The van der Waals surface area contributed by atoms with Crippen molar-refractivity contribution < 1.29 is 9.53 Å². The minimum Gasteiger partial charge on any atom is -0.466 e. The molecule has 202 valence electrons. The molecule has 0 radical (unpaired) electrons. The fourth-order valence-corrected chi connectivity index (χ4v) is 6.18. The monoisotopic (exact) mass is 518 g/mol. The predicted octanol–water partition coefficient (Wildman–Crippen LogP) is 4.91. The number of benzene rings is 1. The Morgan fingerprint density at radius 3 is 2.08 bits per heavy atom. The summed E-state index contributed by atoms with van der Waals surface area (Å²) in [5.41, 5.74) is 2.20. The molecule has 0 bridgehead atoms. The third kappa shape index (κ3) is 5.40. The molecule has 1 aromatic carbocycles. The lowest BCUT2D eigenvalue weighted by molar-refractivity contribution is -0.134. The molecular formula is C30H38N4O4. The van der Waals surface area contributed by atoms with E-state index in [4.69, 9.17) is 4.98 Å². The SMILES string of the molecule is COC(=O)C=Cc1ccc(-c2nc3c(c(=O)n(CC4CCCCC4)c(=O)n3CC3CCCCC3)n2C)cc1. The predicted molar refractivity (Wildman–Crippen MR) is 149 cm³/mol. The van der Waals surface area contributed by atoms with Crippen molar-refractivity contribution in [3.8, 4) is 11.4 Å². The van der Waals surface area contributed by atoms with Crippen molar-refractivity contribution in [3.63, 3.8) is 0 Å². The molecule has 2 fully saturated rings. The molecule has 8 heteroatoms. The van der Waals surface area contributed by atoms with Crippen LogP contribution in [0.3, 0.4) is 0 Å². The van der Waals surface area contributed by atoms with Gasteiger partial charge in [-0.15, -0.1) is 0 Å². The Morgan fingerprint density at radius 1 is 0.921 bits per heavy atom. The van der Waals surface area contributed by atoms with Gasteiger partial charge in [0.15, 0.2) is 11.2 Å². The highest BCUT2D eigenvalue weighted by molar-refractivity contribution is 5.87. The van der Waals surface area contributed by atoms with Crippen LogP contribution in [0.1, 0.15) is 69.8 Å². The molecule has 0 amide bonds. The molecule has 2 aliphatic rings. The highest BCUT2D eigenvalue weighted by Gasteiger charge is 2.25. The zero-order valence-corrected chi connectivity index (χ0v) is 22.5. The topological polar surface area (TPSA) is 88.1 Å². The second kappa shape index (κ2) is 11.5. The molecule has 2 aromatic heterocycles. The normalized spacial score (nSPS) is 17.4. The lowest BCUT2D eigenvalue weighted by atomic mass is 9.89. The van der Waals surface area contributed by atoms with Crippen LogP contribution in [0.5, 0.6) is 0 Å². The minimum absolute atomic E-state index is 0.216. The number of methoxy groups -OCH3 is 1. The first kappa shape index (κ1) is 26.2. The molecule has 8 nitrogen and oxygen atoms in total. The minimum atomic E-state index is -0.412. The van der Waals surface area contributed by atoms with Crippen LogP contribution in [0.2, 0.25) is 0 Å². The van der Waals surface area contributed by atoms with Crippen LogP contribution in [0.15, 0.2) is 39.9 Å². The molecule has 38 heavy (non-hydrogen) atoms. The van der Waals surface area contributed by atoms with Crippen LogP contribution >= 0.6 is 0 Å². The number of imidazole rings is 1.